The van der Waals surface area contributed by atoms with Gasteiger partial charge in [-0.1, -0.05) is 45.0 Å². The smallest absolute Gasteiger partial charge is 0.337 e. The number of rotatable bonds is 7. The Morgan fingerprint density at radius 3 is 2.19 bits per heavy atom. The van der Waals surface area contributed by atoms with Gasteiger partial charge in [0.1, 0.15) is 12.4 Å². The van der Waals surface area contributed by atoms with Crippen molar-refractivity contribution in [1.82, 2.24) is 0 Å². The molecule has 0 radical (unpaired) electrons. The highest BCUT2D eigenvalue weighted by Crippen LogP contribution is 2.22. The number of aryl methyl sites for hydroxylation is 1. The van der Waals surface area contributed by atoms with Gasteiger partial charge in [-0.15, -0.1) is 0 Å². The summed E-state index contributed by atoms with van der Waals surface area (Å²) in [6.07, 6.45) is 0.892. The van der Waals surface area contributed by atoms with Gasteiger partial charge in [0.25, 0.3) is 0 Å². The fraction of sp³-hybridized carbons (Fsp3) is 0.409. The van der Waals surface area contributed by atoms with Gasteiger partial charge in [-0.25, -0.2) is 4.79 Å². The van der Waals surface area contributed by atoms with Crippen LogP contribution in [-0.4, -0.2) is 30.9 Å². The molecular weight excluding hydrogens is 328 g/mol. The van der Waals surface area contributed by atoms with E-state index in [2.05, 4.69) is 49.8 Å². The number of benzene rings is 2. The van der Waals surface area contributed by atoms with E-state index in [1.807, 2.05) is 0 Å². The van der Waals surface area contributed by atoms with Gasteiger partial charge in [0, 0.05) is 0 Å². The Hall–Kier alpha value is -2.33. The maximum atomic E-state index is 11.4. The molecule has 0 heterocycles. The second kappa shape index (κ2) is 8.86. The summed E-state index contributed by atoms with van der Waals surface area (Å²) in [4.78, 5) is 11.4. The third kappa shape index (κ3) is 5.88. The van der Waals surface area contributed by atoms with Crippen LogP contribution in [0, 0.1) is 0 Å². The van der Waals surface area contributed by atoms with Gasteiger partial charge in [-0.05, 0) is 53.6 Å². The van der Waals surface area contributed by atoms with E-state index in [4.69, 9.17) is 4.74 Å². The lowest BCUT2D eigenvalue weighted by molar-refractivity contribution is 0.0600. The monoisotopic (exact) mass is 356 g/mol. The molecule has 0 bridgehead atoms. The minimum absolute atomic E-state index is 0.148. The zero-order valence-electron chi connectivity index (χ0n) is 16.0. The predicted octanol–water partition coefficient (Wildman–Crippen LogP) is 4.14. The molecule has 0 saturated carbocycles. The summed E-state index contributed by atoms with van der Waals surface area (Å²) >= 11 is 0. The molecule has 0 aliphatic rings. The molecule has 2 aromatic carbocycles. The largest absolute Gasteiger partial charge is 0.491 e. The van der Waals surface area contributed by atoms with Crippen molar-refractivity contribution in [2.45, 2.75) is 45.1 Å². The lowest BCUT2D eigenvalue weighted by Crippen LogP contribution is -2.18. The van der Waals surface area contributed by atoms with Crippen molar-refractivity contribution in [2.24, 2.45) is 0 Å². The number of ether oxygens (including phenoxy) is 2. The summed E-state index contributed by atoms with van der Waals surface area (Å²) < 4.78 is 10.2. The van der Waals surface area contributed by atoms with Crippen molar-refractivity contribution in [2.75, 3.05) is 13.7 Å². The number of carbonyl (C=O) groups is 1. The predicted molar refractivity (Wildman–Crippen MR) is 103 cm³/mol. The van der Waals surface area contributed by atoms with Crippen LogP contribution >= 0.6 is 0 Å². The van der Waals surface area contributed by atoms with Crippen molar-refractivity contribution in [3.05, 3.63) is 65.2 Å². The first kappa shape index (κ1) is 20.0. The van der Waals surface area contributed by atoms with Crippen LogP contribution in [0.25, 0.3) is 0 Å². The van der Waals surface area contributed by atoms with E-state index in [1.54, 1.807) is 24.3 Å². The minimum Gasteiger partial charge on any atom is -0.491 e. The first-order valence-corrected chi connectivity index (χ1v) is 8.88. The second-order valence-corrected chi connectivity index (χ2v) is 7.47. The molecule has 0 saturated heterocycles. The van der Waals surface area contributed by atoms with Crippen molar-refractivity contribution < 1.29 is 19.4 Å². The van der Waals surface area contributed by atoms with E-state index in [0.29, 0.717) is 17.7 Å². The molecule has 0 aliphatic heterocycles. The Balaban J connectivity index is 1.78. The van der Waals surface area contributed by atoms with Crippen molar-refractivity contribution in [3.8, 4) is 5.75 Å². The average molecular weight is 356 g/mol. The molecule has 0 aromatic heterocycles. The number of hydrogen-bond donors (Lipinski definition) is 1. The number of esters is 1. The summed E-state index contributed by atoms with van der Waals surface area (Å²) in [5.41, 5.74) is 3.13. The Morgan fingerprint density at radius 2 is 1.65 bits per heavy atom. The van der Waals surface area contributed by atoms with Crippen LogP contribution in [0.2, 0.25) is 0 Å². The van der Waals surface area contributed by atoms with E-state index in [0.717, 1.165) is 6.42 Å². The summed E-state index contributed by atoms with van der Waals surface area (Å²) in [6, 6.07) is 15.2. The van der Waals surface area contributed by atoms with Crippen LogP contribution < -0.4 is 4.74 Å². The molecule has 4 heteroatoms. The number of aliphatic hydroxyl groups excluding tert-OH is 1. The topological polar surface area (TPSA) is 55.8 Å². The van der Waals surface area contributed by atoms with Crippen molar-refractivity contribution in [3.63, 3.8) is 0 Å². The third-order valence-electron chi connectivity index (χ3n) is 4.30. The Kier molecular flexibility index (Phi) is 6.81. The minimum atomic E-state index is -0.544. The molecular formula is C22H28O4. The standard InChI is InChI=1S/C22H28O4/c1-22(2,3)18-10-5-16(6-11-18)7-12-19(23)15-26-20-13-8-17(9-14-20)21(24)25-4/h5-6,8-11,13-14,19,23H,7,12,15H2,1-4H3/t19-/m1/s1. The number of carbonyl (C=O) groups excluding carboxylic acids is 1. The summed E-state index contributed by atoms with van der Waals surface area (Å²) in [5, 5.41) is 10.1. The SMILES string of the molecule is COC(=O)c1ccc(OC[C@H](O)CCc2ccc(C(C)(C)C)cc2)cc1. The van der Waals surface area contributed by atoms with Gasteiger partial charge in [-0.3, -0.25) is 0 Å². The molecule has 4 nitrogen and oxygen atoms in total. The lowest BCUT2D eigenvalue weighted by atomic mass is 9.86. The van der Waals surface area contributed by atoms with Crippen LogP contribution in [0.15, 0.2) is 48.5 Å². The first-order chi connectivity index (χ1) is 12.3. The number of methoxy groups -OCH3 is 1. The molecule has 0 amide bonds. The quantitative estimate of drug-likeness (QED) is 0.758. The summed E-state index contributed by atoms with van der Waals surface area (Å²) in [6.45, 7) is 6.81. The van der Waals surface area contributed by atoms with Gasteiger partial charge >= 0.3 is 5.97 Å². The first-order valence-electron chi connectivity index (χ1n) is 8.88. The Labute approximate surface area is 155 Å². The lowest BCUT2D eigenvalue weighted by Gasteiger charge is -2.19. The molecule has 0 aliphatic carbocycles. The van der Waals surface area contributed by atoms with Gasteiger partial charge < -0.3 is 14.6 Å². The maximum absolute atomic E-state index is 11.4. The molecule has 140 valence electrons. The molecule has 0 fully saturated rings. The van der Waals surface area contributed by atoms with E-state index in [1.165, 1.54) is 18.2 Å². The Bertz CT molecular complexity index is 696. The zero-order chi connectivity index (χ0) is 19.2. The molecule has 0 spiro atoms. The zero-order valence-corrected chi connectivity index (χ0v) is 16.0. The highest BCUT2D eigenvalue weighted by Gasteiger charge is 2.13. The van der Waals surface area contributed by atoms with Crippen LogP contribution in [-0.2, 0) is 16.6 Å². The van der Waals surface area contributed by atoms with Crippen LogP contribution in [0.3, 0.4) is 0 Å². The van der Waals surface area contributed by atoms with E-state index >= 15 is 0 Å². The van der Waals surface area contributed by atoms with E-state index in [9.17, 15) is 9.90 Å². The van der Waals surface area contributed by atoms with Crippen LogP contribution in [0.5, 0.6) is 5.75 Å². The highest BCUT2D eigenvalue weighted by atomic mass is 16.5. The third-order valence-corrected chi connectivity index (χ3v) is 4.30. The summed E-state index contributed by atoms with van der Waals surface area (Å²) in [7, 11) is 1.35. The van der Waals surface area contributed by atoms with Crippen LogP contribution in [0.1, 0.15) is 48.7 Å². The molecule has 1 N–H and O–H groups in total. The van der Waals surface area contributed by atoms with E-state index in [-0.39, 0.29) is 18.0 Å². The van der Waals surface area contributed by atoms with Crippen LogP contribution in [0.4, 0.5) is 0 Å². The molecule has 2 rings (SSSR count). The fourth-order valence-electron chi connectivity index (χ4n) is 2.59. The molecule has 26 heavy (non-hydrogen) atoms. The number of aliphatic hydroxyl groups is 1. The molecule has 1 atom stereocenters. The highest BCUT2D eigenvalue weighted by molar-refractivity contribution is 5.89. The Morgan fingerprint density at radius 1 is 1.04 bits per heavy atom. The number of hydrogen-bond acceptors (Lipinski definition) is 4. The van der Waals surface area contributed by atoms with Gasteiger partial charge in [0.2, 0.25) is 0 Å². The second-order valence-electron chi connectivity index (χ2n) is 7.47. The normalized spacial score (nSPS) is 12.5. The van der Waals surface area contributed by atoms with Gasteiger partial charge in [0.05, 0.1) is 18.8 Å². The molecule has 0 unspecified atom stereocenters. The van der Waals surface area contributed by atoms with E-state index < -0.39 is 6.10 Å². The average Bonchev–Trinajstić information content (AvgIpc) is 2.64. The van der Waals surface area contributed by atoms with Crippen molar-refractivity contribution >= 4 is 5.97 Å². The van der Waals surface area contributed by atoms with Gasteiger partial charge in [0.15, 0.2) is 0 Å². The van der Waals surface area contributed by atoms with Gasteiger partial charge in [-0.2, -0.15) is 0 Å². The maximum Gasteiger partial charge on any atom is 0.337 e. The van der Waals surface area contributed by atoms with Crippen molar-refractivity contribution in [1.29, 1.82) is 0 Å². The fourth-order valence-corrected chi connectivity index (χ4v) is 2.59. The molecule has 2 aromatic rings. The summed E-state index contributed by atoms with van der Waals surface area (Å²) in [5.74, 6) is 0.236.